The van der Waals surface area contributed by atoms with Gasteiger partial charge in [0, 0.05) is 44.6 Å². The average molecular weight is 399 g/mol. The third-order valence-corrected chi connectivity index (χ3v) is 6.43. The number of nitrogens with two attached hydrogens (primary N) is 1. The van der Waals surface area contributed by atoms with E-state index in [1.54, 1.807) is 0 Å². The van der Waals surface area contributed by atoms with Crippen LogP contribution in [0.15, 0.2) is 12.1 Å². The van der Waals surface area contributed by atoms with Crippen molar-refractivity contribution in [2.24, 2.45) is 5.73 Å². The predicted molar refractivity (Wildman–Crippen MR) is 108 cm³/mol. The van der Waals surface area contributed by atoms with Crippen LogP contribution in [0.3, 0.4) is 0 Å². The number of carbonyl (C=O) groups is 3. The van der Waals surface area contributed by atoms with Gasteiger partial charge in [-0.25, -0.2) is 4.98 Å². The minimum atomic E-state index is -0.468. The molecule has 156 valence electrons. The van der Waals surface area contributed by atoms with Crippen LogP contribution in [-0.4, -0.2) is 59.3 Å². The third-order valence-electron chi connectivity index (χ3n) is 6.43. The highest BCUT2D eigenvalue weighted by molar-refractivity contribution is 5.93. The zero-order valence-corrected chi connectivity index (χ0v) is 16.9. The number of pyridine rings is 1. The van der Waals surface area contributed by atoms with Crippen molar-refractivity contribution in [3.63, 3.8) is 0 Å². The molecule has 3 aliphatic rings. The number of primary amides is 1. The smallest absolute Gasteiger partial charge is 0.273 e. The maximum absolute atomic E-state index is 13.3. The van der Waals surface area contributed by atoms with E-state index in [1.165, 1.54) is 5.56 Å². The van der Waals surface area contributed by atoms with Crippen LogP contribution in [0.1, 0.15) is 61.0 Å². The highest BCUT2D eigenvalue weighted by atomic mass is 16.2. The van der Waals surface area contributed by atoms with E-state index in [0.717, 1.165) is 50.9 Å². The molecule has 2 bridgehead atoms. The van der Waals surface area contributed by atoms with E-state index in [0.29, 0.717) is 5.69 Å². The van der Waals surface area contributed by atoms with Crippen LogP contribution >= 0.6 is 0 Å². The van der Waals surface area contributed by atoms with Gasteiger partial charge in [-0.15, -0.1) is 0 Å². The lowest BCUT2D eigenvalue weighted by Gasteiger charge is -2.48. The van der Waals surface area contributed by atoms with E-state index in [2.05, 4.69) is 15.2 Å². The van der Waals surface area contributed by atoms with Crippen molar-refractivity contribution >= 4 is 23.5 Å². The molecule has 8 nitrogen and oxygen atoms in total. The van der Waals surface area contributed by atoms with Crippen LogP contribution in [0, 0.1) is 0 Å². The summed E-state index contributed by atoms with van der Waals surface area (Å²) in [7, 11) is 2.01. The maximum Gasteiger partial charge on any atom is 0.273 e. The Balaban J connectivity index is 1.44. The number of aromatic nitrogens is 1. The summed E-state index contributed by atoms with van der Waals surface area (Å²) in [6, 6.07) is 4.15. The fourth-order valence-corrected chi connectivity index (χ4v) is 5.02. The topological polar surface area (TPSA) is 109 Å². The summed E-state index contributed by atoms with van der Waals surface area (Å²) in [5.74, 6) is 0.304. The predicted octanol–water partition coefficient (Wildman–Crippen LogP) is 0.981. The Kier molecular flexibility index (Phi) is 5.43. The summed E-state index contributed by atoms with van der Waals surface area (Å²) in [6.07, 6.45) is 5.64. The molecule has 8 heteroatoms. The molecule has 2 fully saturated rings. The van der Waals surface area contributed by atoms with Gasteiger partial charge in [-0.3, -0.25) is 14.4 Å². The molecule has 1 unspecified atom stereocenters. The van der Waals surface area contributed by atoms with Gasteiger partial charge in [-0.2, -0.15) is 0 Å². The molecule has 3 amide bonds. The van der Waals surface area contributed by atoms with Crippen LogP contribution in [0.25, 0.3) is 0 Å². The van der Waals surface area contributed by atoms with E-state index in [9.17, 15) is 14.4 Å². The van der Waals surface area contributed by atoms with Crippen LogP contribution in [0.2, 0.25) is 0 Å². The number of fused-ring (bicyclic) bond motifs is 3. The first kappa shape index (κ1) is 19.7. The van der Waals surface area contributed by atoms with Crippen molar-refractivity contribution in [3.05, 3.63) is 23.4 Å². The van der Waals surface area contributed by atoms with Gasteiger partial charge >= 0.3 is 0 Å². The van der Waals surface area contributed by atoms with E-state index < -0.39 is 5.91 Å². The average Bonchev–Trinajstić information content (AvgIpc) is 3.05. The Morgan fingerprint density at radius 3 is 2.59 bits per heavy atom. The standard InChI is InChI=1S/C21H29N5O3/c1-25-10-9-13-5-6-17(24-20(13)25)21(29)26-15-3-2-4-16(26)12-14(11-15)23-19(28)8-7-18(22)27/h5-6,14-16H,2-4,7-12H2,1H3,(H2,22,27)(H,23,28)/t14?,15-,16+. The van der Waals surface area contributed by atoms with Crippen LogP contribution in [-0.2, 0) is 16.0 Å². The van der Waals surface area contributed by atoms with Gasteiger partial charge in [0.2, 0.25) is 11.8 Å². The first-order chi connectivity index (χ1) is 13.9. The minimum Gasteiger partial charge on any atom is -0.370 e. The number of nitrogens with one attached hydrogen (secondary N) is 1. The van der Waals surface area contributed by atoms with Crippen molar-refractivity contribution in [3.8, 4) is 0 Å². The Labute approximate surface area is 170 Å². The number of anilines is 1. The lowest BCUT2D eigenvalue weighted by Crippen LogP contribution is -2.59. The summed E-state index contributed by atoms with van der Waals surface area (Å²) >= 11 is 0. The molecule has 2 saturated heterocycles. The van der Waals surface area contributed by atoms with Gasteiger partial charge in [-0.1, -0.05) is 6.07 Å². The number of likely N-dealkylation sites (N-methyl/N-ethyl adjacent to an activating group) is 1. The third kappa shape index (κ3) is 4.06. The quantitative estimate of drug-likeness (QED) is 0.767. The summed E-state index contributed by atoms with van der Waals surface area (Å²) in [6.45, 7) is 0.937. The Morgan fingerprint density at radius 2 is 1.90 bits per heavy atom. The number of carbonyl (C=O) groups excluding carboxylic acids is 3. The van der Waals surface area contributed by atoms with Crippen LogP contribution < -0.4 is 16.0 Å². The van der Waals surface area contributed by atoms with Gasteiger partial charge in [-0.05, 0) is 50.2 Å². The highest BCUT2D eigenvalue weighted by Crippen LogP contribution is 2.35. The van der Waals surface area contributed by atoms with Crippen molar-refractivity contribution in [1.29, 1.82) is 0 Å². The fraction of sp³-hybridized carbons (Fsp3) is 0.619. The second-order valence-electron chi connectivity index (χ2n) is 8.50. The molecule has 1 aromatic heterocycles. The molecule has 3 aliphatic heterocycles. The molecule has 0 spiro atoms. The maximum atomic E-state index is 13.3. The van der Waals surface area contributed by atoms with E-state index in [4.69, 9.17) is 5.73 Å². The lowest BCUT2D eigenvalue weighted by atomic mass is 9.81. The molecule has 3 atom stereocenters. The number of piperidine rings is 2. The van der Waals surface area contributed by atoms with Crippen molar-refractivity contribution in [2.45, 2.75) is 69.5 Å². The zero-order valence-electron chi connectivity index (χ0n) is 16.9. The van der Waals surface area contributed by atoms with Gasteiger partial charge in [0.05, 0.1) is 0 Å². The van der Waals surface area contributed by atoms with Crippen LogP contribution in [0.4, 0.5) is 5.82 Å². The first-order valence-corrected chi connectivity index (χ1v) is 10.5. The molecule has 4 rings (SSSR count). The van der Waals surface area contributed by atoms with Crippen molar-refractivity contribution in [2.75, 3.05) is 18.5 Å². The Hall–Kier alpha value is -2.64. The molecule has 29 heavy (non-hydrogen) atoms. The number of rotatable bonds is 5. The molecule has 0 radical (unpaired) electrons. The monoisotopic (exact) mass is 399 g/mol. The van der Waals surface area contributed by atoms with Crippen molar-refractivity contribution < 1.29 is 14.4 Å². The second-order valence-corrected chi connectivity index (χ2v) is 8.50. The summed E-state index contributed by atoms with van der Waals surface area (Å²) < 4.78 is 0. The second kappa shape index (κ2) is 8.00. The van der Waals surface area contributed by atoms with Crippen molar-refractivity contribution in [1.82, 2.24) is 15.2 Å². The van der Waals surface area contributed by atoms with Gasteiger partial charge in [0.1, 0.15) is 11.5 Å². The number of hydrogen-bond acceptors (Lipinski definition) is 5. The summed E-state index contributed by atoms with van der Waals surface area (Å²) in [4.78, 5) is 45.1. The van der Waals surface area contributed by atoms with E-state index in [-0.39, 0.29) is 42.8 Å². The first-order valence-electron chi connectivity index (χ1n) is 10.5. The van der Waals surface area contributed by atoms with Gasteiger partial charge in [0.25, 0.3) is 5.91 Å². The van der Waals surface area contributed by atoms with Gasteiger partial charge < -0.3 is 20.9 Å². The largest absolute Gasteiger partial charge is 0.370 e. The molecule has 0 aliphatic carbocycles. The molecular formula is C21H29N5O3. The zero-order chi connectivity index (χ0) is 20.5. The Morgan fingerprint density at radius 1 is 1.17 bits per heavy atom. The molecular weight excluding hydrogens is 370 g/mol. The fourth-order valence-electron chi connectivity index (χ4n) is 5.02. The summed E-state index contributed by atoms with van der Waals surface area (Å²) in [5.41, 5.74) is 6.83. The minimum absolute atomic E-state index is 0.00121. The number of nitrogens with zero attached hydrogens (tertiary/aromatic N) is 3. The van der Waals surface area contributed by atoms with E-state index in [1.807, 2.05) is 24.1 Å². The summed E-state index contributed by atoms with van der Waals surface area (Å²) in [5, 5.41) is 3.03. The molecule has 1 aromatic rings. The highest BCUT2D eigenvalue weighted by Gasteiger charge is 2.42. The van der Waals surface area contributed by atoms with Crippen LogP contribution in [0.5, 0.6) is 0 Å². The Bertz CT molecular complexity index is 813. The lowest BCUT2D eigenvalue weighted by molar-refractivity contribution is -0.126. The SMILES string of the molecule is CN1CCc2ccc(C(=O)N3[C@@H]4CCC[C@H]3CC(NC(=O)CCC(N)=O)C4)nc21. The molecule has 4 heterocycles. The van der Waals surface area contributed by atoms with Gasteiger partial charge in [0.15, 0.2) is 0 Å². The molecule has 3 N–H and O–H groups in total. The van der Waals surface area contributed by atoms with E-state index >= 15 is 0 Å². The molecule has 0 saturated carbocycles. The number of amides is 3. The normalized spacial score (nSPS) is 25.5. The molecule has 0 aromatic carbocycles. The number of hydrogen-bond donors (Lipinski definition) is 2.